The van der Waals surface area contributed by atoms with Crippen molar-refractivity contribution >= 4 is 5.91 Å². The molecule has 4 nitrogen and oxygen atoms in total. The molecule has 0 aromatic rings. The van der Waals surface area contributed by atoms with Gasteiger partial charge in [0.15, 0.2) is 0 Å². The van der Waals surface area contributed by atoms with Crippen molar-refractivity contribution in [3.05, 3.63) is 0 Å². The molecule has 0 atom stereocenters. The van der Waals surface area contributed by atoms with Gasteiger partial charge in [0.25, 0.3) is 0 Å². The molecule has 0 heterocycles. The van der Waals surface area contributed by atoms with E-state index in [4.69, 9.17) is 10.5 Å². The van der Waals surface area contributed by atoms with E-state index in [0.29, 0.717) is 19.2 Å². The van der Waals surface area contributed by atoms with Crippen molar-refractivity contribution in [2.45, 2.75) is 45.6 Å². The van der Waals surface area contributed by atoms with E-state index < -0.39 is 0 Å². The molecular formula is C13H28N2O2. The number of amides is 1. The molecule has 102 valence electrons. The van der Waals surface area contributed by atoms with Crippen LogP contribution in [-0.2, 0) is 9.53 Å². The first kappa shape index (κ1) is 16.4. The van der Waals surface area contributed by atoms with E-state index >= 15 is 0 Å². The molecule has 17 heavy (non-hydrogen) atoms. The first-order valence-corrected chi connectivity index (χ1v) is 6.64. The van der Waals surface area contributed by atoms with Crippen LogP contribution >= 0.6 is 0 Å². The molecule has 0 unspecified atom stereocenters. The molecule has 1 rings (SSSR count). The fourth-order valence-electron chi connectivity index (χ4n) is 2.02. The fourth-order valence-corrected chi connectivity index (χ4v) is 2.02. The molecule has 0 spiro atoms. The molecular weight excluding hydrogens is 216 g/mol. The Morgan fingerprint density at radius 3 is 2.29 bits per heavy atom. The Balaban J connectivity index is 0.00000121. The Bertz CT molecular complexity index is 202. The van der Waals surface area contributed by atoms with Gasteiger partial charge in [0, 0.05) is 32.7 Å². The molecule has 0 aromatic carbocycles. The Labute approximate surface area is 105 Å². The van der Waals surface area contributed by atoms with Crippen LogP contribution in [0.4, 0.5) is 0 Å². The van der Waals surface area contributed by atoms with E-state index in [2.05, 4.69) is 0 Å². The minimum atomic E-state index is 0.187. The Kier molecular flexibility index (Phi) is 9.09. The van der Waals surface area contributed by atoms with Gasteiger partial charge in [-0.25, -0.2) is 0 Å². The standard InChI is InChI=1S/C11H22N2O2.C2H6/c1-13(7-8-15-2)11(14)9-3-5-10(12)6-4-9;1-2/h9-10H,3-8,12H2,1-2H3;1-2H3. The van der Waals surface area contributed by atoms with Gasteiger partial charge in [-0.15, -0.1) is 0 Å². The Morgan fingerprint density at radius 2 is 1.82 bits per heavy atom. The highest BCUT2D eigenvalue weighted by atomic mass is 16.5. The van der Waals surface area contributed by atoms with Gasteiger partial charge in [0.2, 0.25) is 5.91 Å². The lowest BCUT2D eigenvalue weighted by Crippen LogP contribution is -2.38. The van der Waals surface area contributed by atoms with E-state index in [1.165, 1.54) is 0 Å². The number of hydrogen-bond donors (Lipinski definition) is 1. The van der Waals surface area contributed by atoms with Crippen molar-refractivity contribution in [3.63, 3.8) is 0 Å². The highest BCUT2D eigenvalue weighted by Crippen LogP contribution is 2.24. The van der Waals surface area contributed by atoms with Crippen LogP contribution in [0.5, 0.6) is 0 Å². The van der Waals surface area contributed by atoms with Crippen molar-refractivity contribution in [2.75, 3.05) is 27.3 Å². The zero-order chi connectivity index (χ0) is 13.3. The summed E-state index contributed by atoms with van der Waals surface area (Å²) in [6.45, 7) is 5.28. The molecule has 2 N–H and O–H groups in total. The highest BCUT2D eigenvalue weighted by molar-refractivity contribution is 5.78. The monoisotopic (exact) mass is 244 g/mol. The minimum Gasteiger partial charge on any atom is -0.383 e. The number of ether oxygens (including phenoxy) is 1. The van der Waals surface area contributed by atoms with Gasteiger partial charge in [0.05, 0.1) is 6.61 Å². The van der Waals surface area contributed by atoms with Crippen molar-refractivity contribution in [2.24, 2.45) is 11.7 Å². The number of carbonyl (C=O) groups excluding carboxylic acids is 1. The summed E-state index contributed by atoms with van der Waals surface area (Å²) in [6.07, 6.45) is 3.84. The molecule has 1 aliphatic rings. The molecule has 1 saturated carbocycles. The van der Waals surface area contributed by atoms with Crippen LogP contribution in [0.3, 0.4) is 0 Å². The molecule has 4 heteroatoms. The second kappa shape index (κ2) is 9.42. The van der Waals surface area contributed by atoms with E-state index in [0.717, 1.165) is 25.7 Å². The third-order valence-corrected chi connectivity index (χ3v) is 3.13. The molecule has 1 amide bonds. The van der Waals surface area contributed by atoms with Gasteiger partial charge < -0.3 is 15.4 Å². The normalized spacial score (nSPS) is 23.6. The third kappa shape index (κ3) is 6.03. The SMILES string of the molecule is CC.COCCN(C)C(=O)C1CCC(N)CC1. The minimum absolute atomic E-state index is 0.187. The molecule has 1 aliphatic carbocycles. The Hall–Kier alpha value is -0.610. The molecule has 0 radical (unpaired) electrons. The first-order chi connectivity index (χ1) is 8.15. The molecule has 0 bridgehead atoms. The lowest BCUT2D eigenvalue weighted by Gasteiger charge is -2.28. The summed E-state index contributed by atoms with van der Waals surface area (Å²) in [5, 5.41) is 0. The van der Waals surface area contributed by atoms with Crippen LogP contribution in [0, 0.1) is 5.92 Å². The predicted molar refractivity (Wildman–Crippen MR) is 70.8 cm³/mol. The summed E-state index contributed by atoms with van der Waals surface area (Å²) >= 11 is 0. The first-order valence-electron chi connectivity index (χ1n) is 6.64. The summed E-state index contributed by atoms with van der Waals surface area (Å²) in [5.74, 6) is 0.436. The second-order valence-corrected chi connectivity index (χ2v) is 4.36. The van der Waals surface area contributed by atoms with Crippen LogP contribution in [0.1, 0.15) is 39.5 Å². The lowest BCUT2D eigenvalue weighted by molar-refractivity contribution is -0.135. The number of rotatable bonds is 4. The average Bonchev–Trinajstić information content (AvgIpc) is 2.38. The largest absolute Gasteiger partial charge is 0.383 e. The molecule has 0 saturated heterocycles. The van der Waals surface area contributed by atoms with E-state index in [1.807, 2.05) is 20.9 Å². The molecule has 1 fully saturated rings. The predicted octanol–water partition coefficient (Wildman–Crippen LogP) is 1.63. The second-order valence-electron chi connectivity index (χ2n) is 4.36. The van der Waals surface area contributed by atoms with Crippen molar-refractivity contribution in [3.8, 4) is 0 Å². The van der Waals surface area contributed by atoms with Gasteiger partial charge in [0.1, 0.15) is 0 Å². The number of methoxy groups -OCH3 is 1. The summed E-state index contributed by atoms with van der Waals surface area (Å²) in [6, 6.07) is 0.304. The van der Waals surface area contributed by atoms with Crippen LogP contribution in [-0.4, -0.2) is 44.2 Å². The molecule has 0 aliphatic heterocycles. The molecule has 0 aromatic heterocycles. The summed E-state index contributed by atoms with van der Waals surface area (Å²) in [5.41, 5.74) is 5.81. The Morgan fingerprint density at radius 1 is 1.29 bits per heavy atom. The summed E-state index contributed by atoms with van der Waals surface area (Å²) in [4.78, 5) is 13.7. The van der Waals surface area contributed by atoms with Crippen LogP contribution in [0.25, 0.3) is 0 Å². The van der Waals surface area contributed by atoms with Gasteiger partial charge in [-0.3, -0.25) is 4.79 Å². The quantitative estimate of drug-likeness (QED) is 0.818. The maximum Gasteiger partial charge on any atom is 0.225 e. The van der Waals surface area contributed by atoms with Gasteiger partial charge in [-0.05, 0) is 25.7 Å². The van der Waals surface area contributed by atoms with Crippen LogP contribution in [0.15, 0.2) is 0 Å². The number of nitrogens with zero attached hydrogens (tertiary/aromatic N) is 1. The van der Waals surface area contributed by atoms with Crippen molar-refractivity contribution in [1.82, 2.24) is 4.90 Å². The lowest BCUT2D eigenvalue weighted by atomic mass is 9.85. The number of likely N-dealkylation sites (N-methyl/N-ethyl adjacent to an activating group) is 1. The topological polar surface area (TPSA) is 55.6 Å². The smallest absolute Gasteiger partial charge is 0.225 e. The van der Waals surface area contributed by atoms with Crippen LogP contribution < -0.4 is 5.73 Å². The average molecular weight is 244 g/mol. The zero-order valence-electron chi connectivity index (χ0n) is 11.7. The fraction of sp³-hybridized carbons (Fsp3) is 0.923. The van der Waals surface area contributed by atoms with E-state index in [1.54, 1.807) is 12.0 Å². The van der Waals surface area contributed by atoms with Gasteiger partial charge in [-0.2, -0.15) is 0 Å². The van der Waals surface area contributed by atoms with E-state index in [-0.39, 0.29) is 11.8 Å². The maximum atomic E-state index is 11.9. The van der Waals surface area contributed by atoms with Gasteiger partial charge in [-0.1, -0.05) is 13.8 Å². The maximum absolute atomic E-state index is 11.9. The van der Waals surface area contributed by atoms with Crippen molar-refractivity contribution in [1.29, 1.82) is 0 Å². The third-order valence-electron chi connectivity index (χ3n) is 3.13. The summed E-state index contributed by atoms with van der Waals surface area (Å²) in [7, 11) is 3.49. The van der Waals surface area contributed by atoms with Crippen LogP contribution in [0.2, 0.25) is 0 Å². The number of nitrogens with two attached hydrogens (primary N) is 1. The number of hydrogen-bond acceptors (Lipinski definition) is 3. The van der Waals surface area contributed by atoms with E-state index in [9.17, 15) is 4.79 Å². The zero-order valence-corrected chi connectivity index (χ0v) is 11.7. The van der Waals surface area contributed by atoms with Gasteiger partial charge >= 0.3 is 0 Å². The summed E-state index contributed by atoms with van der Waals surface area (Å²) < 4.78 is 4.95. The van der Waals surface area contributed by atoms with Crippen molar-refractivity contribution < 1.29 is 9.53 Å². The highest BCUT2D eigenvalue weighted by Gasteiger charge is 2.26. The number of carbonyl (C=O) groups is 1.